The molecule has 1 rings (SSSR count). The Morgan fingerprint density at radius 3 is 2.14 bits per heavy atom. The van der Waals surface area contributed by atoms with Gasteiger partial charge in [0.25, 0.3) is 0 Å². The Labute approximate surface area is 207 Å². The zero-order valence-electron chi connectivity index (χ0n) is 19.9. The predicted octanol–water partition coefficient (Wildman–Crippen LogP) is -0.908. The molecule has 4 unspecified atom stereocenters. The molecule has 0 aliphatic heterocycles. The molecule has 0 aliphatic carbocycles. The standard InChI is InChI=1S/C21H34N6O7S/c1-11(2)6-15(19(31)25-14(21(33)34)4-5-35-3)27-20(32)16(7-12-9-23-10-24-12)26-18(30)13(22)8-17(28)29/h9-11,13-16H,4-8,22H2,1-3H3,(H,23,24)(H,25,31)(H,26,30)(H,27,32)(H,28,29)(H,33,34). The van der Waals surface area contributed by atoms with Crippen LogP contribution in [0.2, 0.25) is 0 Å². The number of imidazole rings is 1. The van der Waals surface area contributed by atoms with Gasteiger partial charge in [0.05, 0.1) is 18.8 Å². The molecule has 0 saturated heterocycles. The molecule has 0 aliphatic rings. The van der Waals surface area contributed by atoms with Gasteiger partial charge < -0.3 is 36.9 Å². The second kappa shape index (κ2) is 15.0. The third kappa shape index (κ3) is 11.2. The first kappa shape index (κ1) is 29.9. The van der Waals surface area contributed by atoms with Gasteiger partial charge in [-0.15, -0.1) is 0 Å². The van der Waals surface area contributed by atoms with Gasteiger partial charge in [0, 0.05) is 18.3 Å². The monoisotopic (exact) mass is 514 g/mol. The van der Waals surface area contributed by atoms with Crippen LogP contribution < -0.4 is 21.7 Å². The van der Waals surface area contributed by atoms with Gasteiger partial charge in [-0.3, -0.25) is 19.2 Å². The van der Waals surface area contributed by atoms with Crippen LogP contribution in [-0.2, 0) is 30.4 Å². The number of aromatic nitrogens is 2. The fourth-order valence-corrected chi connectivity index (χ4v) is 3.60. The number of amides is 3. The van der Waals surface area contributed by atoms with Gasteiger partial charge in [0.2, 0.25) is 17.7 Å². The lowest BCUT2D eigenvalue weighted by atomic mass is 10.0. The van der Waals surface area contributed by atoms with Gasteiger partial charge in [-0.2, -0.15) is 11.8 Å². The molecule has 0 aromatic carbocycles. The van der Waals surface area contributed by atoms with E-state index in [2.05, 4.69) is 25.9 Å². The number of carboxylic acids is 2. The lowest BCUT2D eigenvalue weighted by Crippen LogP contribution is -2.58. The summed E-state index contributed by atoms with van der Waals surface area (Å²) in [6, 6.07) is -4.76. The average Bonchev–Trinajstić information content (AvgIpc) is 3.27. The molecule has 1 aromatic rings. The number of carbonyl (C=O) groups is 5. The zero-order valence-corrected chi connectivity index (χ0v) is 20.8. The molecule has 1 heterocycles. The van der Waals surface area contributed by atoms with Crippen LogP contribution in [0.25, 0.3) is 0 Å². The minimum atomic E-state index is -1.38. The molecule has 3 amide bonds. The Kier molecular flexibility index (Phi) is 12.8. The Bertz CT molecular complexity index is 864. The van der Waals surface area contributed by atoms with Crippen LogP contribution in [0.3, 0.4) is 0 Å². The number of carbonyl (C=O) groups excluding carboxylic acids is 3. The molecular formula is C21H34N6O7S. The van der Waals surface area contributed by atoms with Gasteiger partial charge in [-0.1, -0.05) is 13.8 Å². The molecule has 0 bridgehead atoms. The summed E-state index contributed by atoms with van der Waals surface area (Å²) in [6.45, 7) is 3.67. The summed E-state index contributed by atoms with van der Waals surface area (Å²) in [6.07, 6.45) is 4.43. The molecule has 0 spiro atoms. The van der Waals surface area contributed by atoms with Crippen molar-refractivity contribution >= 4 is 41.4 Å². The highest BCUT2D eigenvalue weighted by molar-refractivity contribution is 7.98. The van der Waals surface area contributed by atoms with Crippen LogP contribution in [0.5, 0.6) is 0 Å². The Morgan fingerprint density at radius 1 is 1.03 bits per heavy atom. The van der Waals surface area contributed by atoms with E-state index in [9.17, 15) is 29.1 Å². The van der Waals surface area contributed by atoms with Crippen molar-refractivity contribution < 1.29 is 34.2 Å². The van der Waals surface area contributed by atoms with E-state index in [0.29, 0.717) is 11.4 Å². The Morgan fingerprint density at radius 2 is 1.63 bits per heavy atom. The summed E-state index contributed by atoms with van der Waals surface area (Å²) in [5.74, 6) is -4.18. The highest BCUT2D eigenvalue weighted by Gasteiger charge is 2.31. The van der Waals surface area contributed by atoms with E-state index in [0.717, 1.165) is 0 Å². The lowest BCUT2D eigenvalue weighted by molar-refractivity contribution is -0.142. The highest BCUT2D eigenvalue weighted by atomic mass is 32.2. The fourth-order valence-electron chi connectivity index (χ4n) is 3.13. The number of aromatic amines is 1. The molecule has 35 heavy (non-hydrogen) atoms. The maximum Gasteiger partial charge on any atom is 0.326 e. The Hall–Kier alpha value is -3.13. The molecule has 4 atom stereocenters. The Balaban J connectivity index is 3.03. The van der Waals surface area contributed by atoms with E-state index in [-0.39, 0.29) is 25.2 Å². The van der Waals surface area contributed by atoms with Crippen molar-refractivity contribution in [2.75, 3.05) is 12.0 Å². The topological polar surface area (TPSA) is 217 Å². The predicted molar refractivity (Wildman–Crippen MR) is 128 cm³/mol. The minimum Gasteiger partial charge on any atom is -0.481 e. The SMILES string of the molecule is CSCCC(NC(=O)C(CC(C)C)NC(=O)C(Cc1cnc[nH]1)NC(=O)C(N)CC(=O)O)C(=O)O. The van der Waals surface area contributed by atoms with Crippen LogP contribution in [0.1, 0.15) is 38.8 Å². The van der Waals surface area contributed by atoms with Crippen LogP contribution >= 0.6 is 11.8 Å². The van der Waals surface area contributed by atoms with Crippen LogP contribution in [0.4, 0.5) is 0 Å². The molecule has 13 nitrogen and oxygen atoms in total. The van der Waals surface area contributed by atoms with E-state index in [1.54, 1.807) is 0 Å². The number of thioether (sulfide) groups is 1. The maximum absolute atomic E-state index is 13.1. The van der Waals surface area contributed by atoms with Crippen molar-refractivity contribution in [1.82, 2.24) is 25.9 Å². The number of nitrogens with one attached hydrogen (secondary N) is 4. The van der Waals surface area contributed by atoms with Crippen molar-refractivity contribution in [2.24, 2.45) is 11.7 Å². The molecule has 8 N–H and O–H groups in total. The summed E-state index contributed by atoms with van der Waals surface area (Å²) >= 11 is 1.44. The van der Waals surface area contributed by atoms with Gasteiger partial charge in [0.15, 0.2) is 0 Å². The second-order valence-electron chi connectivity index (χ2n) is 8.42. The summed E-state index contributed by atoms with van der Waals surface area (Å²) < 4.78 is 0. The number of carboxylic acid groups (broad SMARTS) is 2. The van der Waals surface area contributed by atoms with E-state index < -0.39 is 60.2 Å². The normalized spacial score (nSPS) is 14.4. The first-order chi connectivity index (χ1) is 16.4. The number of aliphatic carboxylic acids is 2. The number of hydrogen-bond donors (Lipinski definition) is 7. The van der Waals surface area contributed by atoms with Gasteiger partial charge in [-0.25, -0.2) is 9.78 Å². The summed E-state index contributed by atoms with van der Waals surface area (Å²) in [5, 5.41) is 25.8. The van der Waals surface area contributed by atoms with E-state index in [1.165, 1.54) is 24.3 Å². The molecule has 196 valence electrons. The number of hydrogen-bond acceptors (Lipinski definition) is 8. The number of H-pyrrole nitrogens is 1. The summed E-state index contributed by atoms with van der Waals surface area (Å²) in [4.78, 5) is 67.5. The molecule has 0 radical (unpaired) electrons. The van der Waals surface area contributed by atoms with Crippen molar-refractivity contribution in [2.45, 2.75) is 63.7 Å². The summed E-state index contributed by atoms with van der Waals surface area (Å²) in [5.41, 5.74) is 6.12. The third-order valence-electron chi connectivity index (χ3n) is 4.91. The lowest BCUT2D eigenvalue weighted by Gasteiger charge is -2.26. The van der Waals surface area contributed by atoms with Crippen molar-refractivity contribution in [3.63, 3.8) is 0 Å². The second-order valence-corrected chi connectivity index (χ2v) is 9.40. The summed E-state index contributed by atoms with van der Waals surface area (Å²) in [7, 11) is 0. The highest BCUT2D eigenvalue weighted by Crippen LogP contribution is 2.09. The largest absolute Gasteiger partial charge is 0.481 e. The number of rotatable bonds is 16. The van der Waals surface area contributed by atoms with Gasteiger partial charge >= 0.3 is 11.9 Å². The van der Waals surface area contributed by atoms with E-state index >= 15 is 0 Å². The quantitative estimate of drug-likeness (QED) is 0.144. The van der Waals surface area contributed by atoms with Gasteiger partial charge in [-0.05, 0) is 30.8 Å². The van der Waals surface area contributed by atoms with E-state index in [1.807, 2.05) is 20.1 Å². The van der Waals surface area contributed by atoms with Crippen molar-refractivity contribution in [1.29, 1.82) is 0 Å². The van der Waals surface area contributed by atoms with E-state index in [4.69, 9.17) is 10.8 Å². The third-order valence-corrected chi connectivity index (χ3v) is 5.55. The zero-order chi connectivity index (χ0) is 26.5. The minimum absolute atomic E-state index is 0.0230. The number of nitrogens with zero attached hydrogens (tertiary/aromatic N) is 1. The smallest absolute Gasteiger partial charge is 0.326 e. The van der Waals surface area contributed by atoms with Crippen molar-refractivity contribution in [3.8, 4) is 0 Å². The maximum atomic E-state index is 13.1. The molecule has 0 saturated carbocycles. The van der Waals surface area contributed by atoms with Gasteiger partial charge in [0.1, 0.15) is 18.1 Å². The van der Waals surface area contributed by atoms with Crippen LogP contribution in [-0.4, -0.2) is 86.0 Å². The average molecular weight is 515 g/mol. The molecule has 1 aromatic heterocycles. The molecular weight excluding hydrogens is 480 g/mol. The molecule has 0 fully saturated rings. The van der Waals surface area contributed by atoms with Crippen molar-refractivity contribution in [3.05, 3.63) is 18.2 Å². The fraction of sp³-hybridized carbons (Fsp3) is 0.619. The first-order valence-electron chi connectivity index (χ1n) is 11.0. The first-order valence-corrected chi connectivity index (χ1v) is 12.4. The molecule has 14 heteroatoms. The van der Waals surface area contributed by atoms with Crippen LogP contribution in [0.15, 0.2) is 12.5 Å². The van der Waals surface area contributed by atoms with Crippen LogP contribution in [0, 0.1) is 5.92 Å². The number of nitrogens with two attached hydrogens (primary N) is 1.